The van der Waals surface area contributed by atoms with E-state index in [0.717, 1.165) is 10.5 Å². The van der Waals surface area contributed by atoms with Crippen molar-refractivity contribution in [3.8, 4) is 0 Å². The van der Waals surface area contributed by atoms with E-state index in [4.69, 9.17) is 5.11 Å². The summed E-state index contributed by atoms with van der Waals surface area (Å²) in [5.41, 5.74) is 0.949. The molecule has 0 bridgehead atoms. The Morgan fingerprint density at radius 3 is 2.90 bits per heavy atom. The zero-order chi connectivity index (χ0) is 7.40. The van der Waals surface area contributed by atoms with Crippen molar-refractivity contribution >= 4 is 25.0 Å². The van der Waals surface area contributed by atoms with Crippen molar-refractivity contribution in [2.75, 3.05) is 0 Å². The van der Waals surface area contributed by atoms with Crippen molar-refractivity contribution < 1.29 is 5.11 Å². The molecule has 54 valence electrons. The molecule has 1 rings (SSSR count). The van der Waals surface area contributed by atoms with Gasteiger partial charge in [-0.1, -0.05) is 12.1 Å². The minimum atomic E-state index is 0.112. The number of benzene rings is 1. The van der Waals surface area contributed by atoms with Crippen molar-refractivity contribution in [3.63, 3.8) is 0 Å². The fourth-order valence-corrected chi connectivity index (χ4v) is 1.62. The van der Waals surface area contributed by atoms with Crippen LogP contribution in [0.15, 0.2) is 29.2 Å². The third kappa shape index (κ3) is 2.01. The third-order valence-electron chi connectivity index (χ3n) is 1.17. The Kier molecular flexibility index (Phi) is 3.25. The van der Waals surface area contributed by atoms with Gasteiger partial charge in [0.25, 0.3) is 0 Å². The van der Waals surface area contributed by atoms with Gasteiger partial charge in [-0.3, -0.25) is 0 Å². The average Bonchev–Trinajstić information content (AvgIpc) is 2.05. The fourth-order valence-electron chi connectivity index (χ4n) is 0.692. The molecule has 1 N–H and O–H groups in total. The first-order valence-electron chi connectivity index (χ1n) is 2.85. The van der Waals surface area contributed by atoms with Crippen LogP contribution in [0.3, 0.4) is 0 Å². The molecule has 0 aliphatic carbocycles. The van der Waals surface area contributed by atoms with Crippen LogP contribution in [0.1, 0.15) is 5.56 Å². The van der Waals surface area contributed by atoms with Crippen molar-refractivity contribution in [1.82, 2.24) is 0 Å². The molecular formula is C7H7BrOS. The Hall–Kier alpha value is 0.01000. The lowest BCUT2D eigenvalue weighted by Gasteiger charge is -1.96. The quantitative estimate of drug-likeness (QED) is 0.824. The van der Waals surface area contributed by atoms with E-state index >= 15 is 0 Å². The standard InChI is InChI=1S/C7H7BrOS/c8-10-7-3-1-2-6(4-7)5-9/h1-4,9H,5H2. The summed E-state index contributed by atoms with van der Waals surface area (Å²) in [5, 5.41) is 8.73. The van der Waals surface area contributed by atoms with Gasteiger partial charge in [-0.05, 0) is 42.7 Å². The molecule has 1 aromatic rings. The zero-order valence-electron chi connectivity index (χ0n) is 5.25. The first-order chi connectivity index (χ1) is 4.86. The minimum Gasteiger partial charge on any atom is -0.392 e. The van der Waals surface area contributed by atoms with Gasteiger partial charge in [-0.25, -0.2) is 0 Å². The predicted octanol–water partition coefficient (Wildman–Crippen LogP) is 2.58. The first kappa shape index (κ1) is 8.11. The third-order valence-corrected chi connectivity index (χ3v) is 2.72. The van der Waals surface area contributed by atoms with E-state index in [9.17, 15) is 0 Å². The molecule has 0 amide bonds. The molecular weight excluding hydrogens is 212 g/mol. The van der Waals surface area contributed by atoms with E-state index in [-0.39, 0.29) is 6.61 Å². The molecule has 0 saturated carbocycles. The molecule has 0 unspecified atom stereocenters. The highest BCUT2D eigenvalue weighted by atomic mass is 79.9. The highest BCUT2D eigenvalue weighted by molar-refractivity contribution is 9.50. The van der Waals surface area contributed by atoms with Gasteiger partial charge in [0, 0.05) is 4.90 Å². The maximum atomic E-state index is 8.73. The Bertz CT molecular complexity index is 195. The van der Waals surface area contributed by atoms with Crippen LogP contribution in [0.2, 0.25) is 0 Å². The molecule has 1 aromatic carbocycles. The van der Waals surface area contributed by atoms with Gasteiger partial charge in [-0.15, -0.1) is 0 Å². The molecule has 10 heavy (non-hydrogen) atoms. The van der Waals surface area contributed by atoms with Gasteiger partial charge in [0.1, 0.15) is 0 Å². The number of aliphatic hydroxyl groups excluding tert-OH is 1. The molecule has 0 fully saturated rings. The summed E-state index contributed by atoms with van der Waals surface area (Å²) in [6.45, 7) is 0.112. The fraction of sp³-hybridized carbons (Fsp3) is 0.143. The SMILES string of the molecule is OCc1cccc(SBr)c1. The summed E-state index contributed by atoms with van der Waals surface area (Å²) in [7, 11) is 1.50. The molecule has 0 heterocycles. The number of aliphatic hydroxyl groups is 1. The maximum Gasteiger partial charge on any atom is 0.0682 e. The van der Waals surface area contributed by atoms with E-state index in [2.05, 4.69) is 14.8 Å². The van der Waals surface area contributed by atoms with Gasteiger partial charge in [-0.2, -0.15) is 0 Å². The summed E-state index contributed by atoms with van der Waals surface area (Å²) < 4.78 is 0. The van der Waals surface area contributed by atoms with E-state index in [0.29, 0.717) is 0 Å². The predicted molar refractivity (Wildman–Crippen MR) is 47.1 cm³/mol. The molecule has 1 nitrogen and oxygen atoms in total. The summed E-state index contributed by atoms with van der Waals surface area (Å²) in [4.78, 5) is 1.12. The van der Waals surface area contributed by atoms with Crippen LogP contribution in [0.4, 0.5) is 0 Å². The Balaban J connectivity index is 2.87. The monoisotopic (exact) mass is 218 g/mol. The van der Waals surface area contributed by atoms with Crippen LogP contribution in [-0.2, 0) is 6.61 Å². The summed E-state index contributed by atoms with van der Waals surface area (Å²) in [5.74, 6) is 0. The normalized spacial score (nSPS) is 9.80. The van der Waals surface area contributed by atoms with E-state index in [1.165, 1.54) is 10.2 Å². The number of hydrogen-bond donors (Lipinski definition) is 1. The van der Waals surface area contributed by atoms with E-state index < -0.39 is 0 Å². The van der Waals surface area contributed by atoms with Crippen molar-refractivity contribution in [2.45, 2.75) is 11.5 Å². The molecule has 0 aliphatic heterocycles. The molecule has 0 aliphatic rings. The molecule has 0 radical (unpaired) electrons. The summed E-state index contributed by atoms with van der Waals surface area (Å²) >= 11 is 3.26. The van der Waals surface area contributed by atoms with Gasteiger partial charge in [0.05, 0.1) is 6.61 Å². The van der Waals surface area contributed by atoms with Crippen molar-refractivity contribution in [2.24, 2.45) is 0 Å². The number of hydrogen-bond acceptors (Lipinski definition) is 2. The lowest BCUT2D eigenvalue weighted by atomic mass is 10.2. The smallest absolute Gasteiger partial charge is 0.0682 e. The molecule has 3 heteroatoms. The van der Waals surface area contributed by atoms with Crippen LogP contribution in [0.25, 0.3) is 0 Å². The largest absolute Gasteiger partial charge is 0.392 e. The maximum absolute atomic E-state index is 8.73. The van der Waals surface area contributed by atoms with Gasteiger partial charge in [0.15, 0.2) is 0 Å². The van der Waals surface area contributed by atoms with Gasteiger partial charge < -0.3 is 5.11 Å². The van der Waals surface area contributed by atoms with Crippen LogP contribution >= 0.6 is 25.0 Å². The summed E-state index contributed by atoms with van der Waals surface area (Å²) in [6, 6.07) is 7.75. The van der Waals surface area contributed by atoms with Crippen LogP contribution in [-0.4, -0.2) is 5.11 Å². The number of rotatable bonds is 2. The Morgan fingerprint density at radius 2 is 2.30 bits per heavy atom. The van der Waals surface area contributed by atoms with Crippen molar-refractivity contribution in [1.29, 1.82) is 0 Å². The first-order valence-corrected chi connectivity index (χ1v) is 5.51. The van der Waals surface area contributed by atoms with Gasteiger partial charge >= 0.3 is 0 Å². The Morgan fingerprint density at radius 1 is 1.50 bits per heavy atom. The second kappa shape index (κ2) is 4.01. The highest BCUT2D eigenvalue weighted by Gasteiger charge is 1.91. The van der Waals surface area contributed by atoms with E-state index in [1.807, 2.05) is 24.3 Å². The highest BCUT2D eigenvalue weighted by Crippen LogP contribution is 2.24. The topological polar surface area (TPSA) is 20.2 Å². The van der Waals surface area contributed by atoms with E-state index in [1.54, 1.807) is 0 Å². The molecule has 0 atom stereocenters. The molecule has 0 spiro atoms. The zero-order valence-corrected chi connectivity index (χ0v) is 7.65. The second-order valence-electron chi connectivity index (χ2n) is 1.88. The Labute approximate surface area is 71.7 Å². The average molecular weight is 219 g/mol. The number of halogens is 1. The van der Waals surface area contributed by atoms with Gasteiger partial charge in [0.2, 0.25) is 0 Å². The van der Waals surface area contributed by atoms with Crippen molar-refractivity contribution in [3.05, 3.63) is 29.8 Å². The lowest BCUT2D eigenvalue weighted by molar-refractivity contribution is 0.281. The molecule has 0 saturated heterocycles. The molecule has 0 aromatic heterocycles. The van der Waals surface area contributed by atoms with Crippen LogP contribution in [0, 0.1) is 0 Å². The minimum absolute atomic E-state index is 0.112. The second-order valence-corrected chi connectivity index (χ2v) is 3.48. The lowest BCUT2D eigenvalue weighted by Crippen LogP contribution is -1.80. The van der Waals surface area contributed by atoms with Crippen LogP contribution in [0.5, 0.6) is 0 Å². The summed E-state index contributed by atoms with van der Waals surface area (Å²) in [6.07, 6.45) is 0. The van der Waals surface area contributed by atoms with Crippen LogP contribution < -0.4 is 0 Å².